The average molecular weight is 336 g/mol. The van der Waals surface area contributed by atoms with Gasteiger partial charge < -0.3 is 4.74 Å². The number of hydrogen-bond acceptors (Lipinski definition) is 3. The number of rotatable bonds is 6. The zero-order valence-corrected chi connectivity index (χ0v) is 12.9. The molecule has 0 atom stereocenters. The second kappa shape index (κ2) is 6.54. The van der Waals surface area contributed by atoms with Crippen LogP contribution in [0.25, 0.3) is 0 Å². The topological polar surface area (TPSA) is 69.4 Å². The van der Waals surface area contributed by atoms with Gasteiger partial charge in [0.2, 0.25) is 10.0 Å². The molecule has 0 aromatic heterocycles. The molecule has 0 aliphatic heterocycles. The van der Waals surface area contributed by atoms with Crippen molar-refractivity contribution in [3.63, 3.8) is 0 Å². The maximum atomic E-state index is 11.1. The van der Waals surface area contributed by atoms with E-state index in [9.17, 15) is 8.42 Å². The summed E-state index contributed by atoms with van der Waals surface area (Å²) in [7, 11) is -3.66. The summed E-state index contributed by atoms with van der Waals surface area (Å²) in [5.41, 5.74) is 0. The van der Waals surface area contributed by atoms with Gasteiger partial charge in [0.15, 0.2) is 0 Å². The van der Waals surface area contributed by atoms with Gasteiger partial charge in [-0.1, -0.05) is 13.8 Å². The molecule has 1 rings (SSSR count). The first-order chi connectivity index (χ1) is 8.30. The smallest absolute Gasteiger partial charge is 0.238 e. The second-order valence-electron chi connectivity index (χ2n) is 4.52. The zero-order valence-electron chi connectivity index (χ0n) is 10.5. The minimum atomic E-state index is -3.66. The van der Waals surface area contributed by atoms with E-state index in [4.69, 9.17) is 9.88 Å². The van der Waals surface area contributed by atoms with Crippen molar-refractivity contribution < 1.29 is 13.2 Å². The summed E-state index contributed by atoms with van der Waals surface area (Å²) in [6, 6.07) is 4.50. The van der Waals surface area contributed by atoms with Gasteiger partial charge in [-0.15, -0.1) is 0 Å². The van der Waals surface area contributed by atoms with E-state index in [1.807, 2.05) is 0 Å². The maximum Gasteiger partial charge on any atom is 0.238 e. The summed E-state index contributed by atoms with van der Waals surface area (Å²) in [6.07, 6.45) is 2.08. The van der Waals surface area contributed by atoms with Crippen LogP contribution in [-0.2, 0) is 10.0 Å². The van der Waals surface area contributed by atoms with E-state index in [2.05, 4.69) is 29.8 Å². The summed E-state index contributed by atoms with van der Waals surface area (Å²) in [6.45, 7) is 4.94. The molecule has 0 aliphatic carbocycles. The third kappa shape index (κ3) is 4.96. The quantitative estimate of drug-likeness (QED) is 0.812. The van der Waals surface area contributed by atoms with Crippen molar-refractivity contribution in [3.05, 3.63) is 22.7 Å². The van der Waals surface area contributed by atoms with E-state index in [0.29, 0.717) is 22.7 Å². The van der Waals surface area contributed by atoms with E-state index < -0.39 is 10.0 Å². The molecule has 0 bridgehead atoms. The number of nitrogens with two attached hydrogens (primary N) is 1. The number of halogens is 1. The van der Waals surface area contributed by atoms with Crippen LogP contribution in [-0.4, -0.2) is 15.0 Å². The molecule has 0 aliphatic rings. The molecule has 0 saturated heterocycles. The van der Waals surface area contributed by atoms with Crippen LogP contribution in [0.2, 0.25) is 0 Å². The predicted octanol–water partition coefficient (Wildman–Crippen LogP) is 2.91. The van der Waals surface area contributed by atoms with Gasteiger partial charge in [0.1, 0.15) is 5.75 Å². The summed E-state index contributed by atoms with van der Waals surface area (Å²) in [4.78, 5) is 0.0731. The van der Waals surface area contributed by atoms with Gasteiger partial charge >= 0.3 is 0 Å². The molecule has 0 fully saturated rings. The van der Waals surface area contributed by atoms with E-state index >= 15 is 0 Å². The average Bonchev–Trinajstić information content (AvgIpc) is 2.24. The van der Waals surface area contributed by atoms with Crippen LogP contribution in [0, 0.1) is 5.92 Å². The molecule has 0 spiro atoms. The van der Waals surface area contributed by atoms with Gasteiger partial charge in [0.25, 0.3) is 0 Å². The molecule has 1 aromatic rings. The van der Waals surface area contributed by atoms with Gasteiger partial charge in [0, 0.05) is 0 Å². The Morgan fingerprint density at radius 2 is 2.06 bits per heavy atom. The van der Waals surface area contributed by atoms with E-state index in [0.717, 1.165) is 12.8 Å². The third-order valence-electron chi connectivity index (χ3n) is 2.42. The SMILES string of the molecule is CC(C)CCCOc1ccc(S(N)(=O)=O)cc1Br. The Morgan fingerprint density at radius 1 is 1.39 bits per heavy atom. The van der Waals surface area contributed by atoms with Gasteiger partial charge in [-0.2, -0.15) is 0 Å². The molecular formula is C12H18BrNO3S. The molecule has 0 saturated carbocycles. The molecule has 18 heavy (non-hydrogen) atoms. The van der Waals surface area contributed by atoms with Crippen LogP contribution in [0.15, 0.2) is 27.6 Å². The molecular weight excluding hydrogens is 318 g/mol. The highest BCUT2D eigenvalue weighted by Gasteiger charge is 2.10. The van der Waals surface area contributed by atoms with Crippen molar-refractivity contribution in [2.45, 2.75) is 31.6 Å². The fourth-order valence-corrected chi connectivity index (χ4v) is 2.63. The Kier molecular flexibility index (Phi) is 5.62. The Bertz CT molecular complexity index is 500. The van der Waals surface area contributed by atoms with Crippen LogP contribution in [0.3, 0.4) is 0 Å². The lowest BCUT2D eigenvalue weighted by Gasteiger charge is -2.10. The monoisotopic (exact) mass is 335 g/mol. The van der Waals surface area contributed by atoms with Crippen molar-refractivity contribution in [2.24, 2.45) is 11.1 Å². The summed E-state index contributed by atoms with van der Waals surface area (Å²) in [5, 5.41) is 5.04. The highest BCUT2D eigenvalue weighted by atomic mass is 79.9. The molecule has 6 heteroatoms. The molecule has 102 valence electrons. The van der Waals surface area contributed by atoms with Crippen LogP contribution in [0.5, 0.6) is 5.75 Å². The summed E-state index contributed by atoms with van der Waals surface area (Å²) in [5.74, 6) is 1.29. The Labute approximate surface area is 117 Å². The van der Waals surface area contributed by atoms with Crippen molar-refractivity contribution in [1.82, 2.24) is 0 Å². The first-order valence-corrected chi connectivity index (χ1v) is 8.10. The fraction of sp³-hybridized carbons (Fsp3) is 0.500. The summed E-state index contributed by atoms with van der Waals surface area (Å²) < 4.78 is 28.5. The lowest BCUT2D eigenvalue weighted by atomic mass is 10.1. The van der Waals surface area contributed by atoms with E-state index in [1.54, 1.807) is 6.07 Å². The predicted molar refractivity (Wildman–Crippen MR) is 75.1 cm³/mol. The third-order valence-corrected chi connectivity index (χ3v) is 3.95. The lowest BCUT2D eigenvalue weighted by molar-refractivity contribution is 0.296. The molecule has 0 amide bonds. The number of sulfonamides is 1. The first-order valence-electron chi connectivity index (χ1n) is 5.76. The van der Waals surface area contributed by atoms with Crippen molar-refractivity contribution >= 4 is 26.0 Å². The second-order valence-corrected chi connectivity index (χ2v) is 6.94. The number of ether oxygens (including phenoxy) is 1. The Balaban J connectivity index is 2.64. The van der Waals surface area contributed by atoms with Crippen LogP contribution in [0.1, 0.15) is 26.7 Å². The van der Waals surface area contributed by atoms with Crippen molar-refractivity contribution in [3.8, 4) is 5.75 Å². The van der Waals surface area contributed by atoms with E-state index in [1.165, 1.54) is 12.1 Å². The maximum absolute atomic E-state index is 11.1. The van der Waals surface area contributed by atoms with Crippen LogP contribution >= 0.6 is 15.9 Å². The van der Waals surface area contributed by atoms with Gasteiger partial charge in [-0.3, -0.25) is 0 Å². The highest BCUT2D eigenvalue weighted by Crippen LogP contribution is 2.27. The van der Waals surface area contributed by atoms with Crippen molar-refractivity contribution in [1.29, 1.82) is 0 Å². The molecule has 0 radical (unpaired) electrons. The highest BCUT2D eigenvalue weighted by molar-refractivity contribution is 9.10. The zero-order chi connectivity index (χ0) is 13.8. The Hall–Kier alpha value is -0.590. The van der Waals surface area contributed by atoms with Crippen molar-refractivity contribution in [2.75, 3.05) is 6.61 Å². The normalized spacial score (nSPS) is 11.8. The van der Waals surface area contributed by atoms with Gasteiger partial charge in [0.05, 0.1) is 16.0 Å². The summed E-state index contributed by atoms with van der Waals surface area (Å²) >= 11 is 3.28. The molecule has 0 unspecified atom stereocenters. The van der Waals surface area contributed by atoms with Crippen LogP contribution < -0.4 is 9.88 Å². The fourth-order valence-electron chi connectivity index (χ4n) is 1.45. The Morgan fingerprint density at radius 3 is 2.56 bits per heavy atom. The molecule has 4 nitrogen and oxygen atoms in total. The lowest BCUT2D eigenvalue weighted by Crippen LogP contribution is -2.12. The minimum Gasteiger partial charge on any atom is -0.492 e. The minimum absolute atomic E-state index is 0.0731. The molecule has 1 aromatic carbocycles. The number of primary sulfonamides is 1. The largest absolute Gasteiger partial charge is 0.492 e. The number of benzene rings is 1. The standard InChI is InChI=1S/C12H18BrNO3S/c1-9(2)4-3-7-17-12-6-5-10(8-11(12)13)18(14,15)16/h5-6,8-9H,3-4,7H2,1-2H3,(H2,14,15,16). The molecule has 2 N–H and O–H groups in total. The van der Waals surface area contributed by atoms with Crippen LogP contribution in [0.4, 0.5) is 0 Å². The first kappa shape index (κ1) is 15.5. The van der Waals surface area contributed by atoms with E-state index in [-0.39, 0.29) is 4.90 Å². The van der Waals surface area contributed by atoms with Gasteiger partial charge in [-0.25, -0.2) is 13.6 Å². The number of hydrogen-bond donors (Lipinski definition) is 1. The molecule has 0 heterocycles. The van der Waals surface area contributed by atoms with Gasteiger partial charge in [-0.05, 0) is 52.9 Å².